The summed E-state index contributed by atoms with van der Waals surface area (Å²) in [6, 6.07) is 0. The fourth-order valence-electron chi connectivity index (χ4n) is 8.50. The van der Waals surface area contributed by atoms with Crippen molar-refractivity contribution in [1.29, 1.82) is 0 Å². The Bertz CT molecular complexity index is 1500. The Morgan fingerprint density at radius 2 is 0.849 bits per heavy atom. The number of aliphatic carboxylic acids is 1. The molecule has 0 amide bonds. The van der Waals surface area contributed by atoms with Crippen molar-refractivity contribution in [3.8, 4) is 0 Å². The van der Waals surface area contributed by atoms with Crippen molar-refractivity contribution in [3.05, 3.63) is 60.8 Å². The van der Waals surface area contributed by atoms with Gasteiger partial charge in [-0.2, -0.15) is 0 Å². The van der Waals surface area contributed by atoms with Gasteiger partial charge in [0.25, 0.3) is 0 Å². The van der Waals surface area contributed by atoms with Gasteiger partial charge < -0.3 is 39.0 Å². The van der Waals surface area contributed by atoms with Crippen molar-refractivity contribution in [3.63, 3.8) is 0 Å². The third-order valence-electron chi connectivity index (χ3n) is 13.0. The van der Waals surface area contributed by atoms with Gasteiger partial charge >= 0.3 is 23.9 Å². The van der Waals surface area contributed by atoms with Gasteiger partial charge in [0.05, 0.1) is 6.61 Å². The normalized spacial score (nSPS) is 18.7. The summed E-state index contributed by atoms with van der Waals surface area (Å²) in [5.74, 6) is -3.16. The number of aliphatic hydroxyl groups is 2. The molecule has 0 spiro atoms. The smallest absolute Gasteiger partial charge is 0.335 e. The topological polar surface area (TPSA) is 175 Å². The summed E-state index contributed by atoms with van der Waals surface area (Å²) in [6.07, 6.45) is 47.6. The van der Waals surface area contributed by atoms with Crippen LogP contribution in [-0.4, -0.2) is 89.2 Å². The van der Waals surface area contributed by atoms with E-state index in [1.807, 2.05) is 0 Å². The van der Waals surface area contributed by atoms with Gasteiger partial charge in [0.15, 0.2) is 24.6 Å². The summed E-state index contributed by atoms with van der Waals surface area (Å²) in [5, 5.41) is 31.4. The number of carbonyl (C=O) groups is 4. The van der Waals surface area contributed by atoms with E-state index >= 15 is 0 Å². The summed E-state index contributed by atoms with van der Waals surface area (Å²) >= 11 is 0. The molecule has 1 rings (SSSR count). The highest BCUT2D eigenvalue weighted by molar-refractivity contribution is 5.74. The maximum absolute atomic E-state index is 13.1. The third-order valence-corrected chi connectivity index (χ3v) is 13.0. The standard InChI is InChI=1S/C61H104O12/c1-4-7-10-13-16-19-22-25-26-27-28-31-32-35-38-41-44-47-53(62)69-50-52(71-54(63)48-45-42-39-36-33-29-23-20-17-14-11-8-5-2)51-70-61-59(57(66)56(65)58(73-61)60(67)68)72-55(64)49-46-43-40-37-34-30-24-21-18-15-12-9-6-3/h11-12,14-15,20-21,23-26,52,56-59,61,65-66H,4-10,13,16-19,22,27-51H2,1-3H3,(H,67,68)/b14-11-,15-12-,23-20-,24-21-,26-25-. The number of allylic oxidation sites excluding steroid dienone is 10. The summed E-state index contributed by atoms with van der Waals surface area (Å²) in [7, 11) is 0. The second kappa shape index (κ2) is 49.3. The number of esters is 3. The maximum atomic E-state index is 13.1. The zero-order valence-corrected chi connectivity index (χ0v) is 46.1. The number of hydrogen-bond acceptors (Lipinski definition) is 11. The van der Waals surface area contributed by atoms with E-state index < -0.39 is 67.3 Å². The van der Waals surface area contributed by atoms with E-state index in [9.17, 15) is 34.5 Å². The number of aliphatic hydroxyl groups excluding tert-OH is 2. The largest absolute Gasteiger partial charge is 0.479 e. The number of carboxylic acid groups (broad SMARTS) is 1. The van der Waals surface area contributed by atoms with Gasteiger partial charge in [0.2, 0.25) is 0 Å². The fourth-order valence-corrected chi connectivity index (χ4v) is 8.50. The zero-order chi connectivity index (χ0) is 53.3. The molecule has 420 valence electrons. The van der Waals surface area contributed by atoms with Gasteiger partial charge in [-0.15, -0.1) is 0 Å². The summed E-state index contributed by atoms with van der Waals surface area (Å²) < 4.78 is 28.4. The zero-order valence-electron chi connectivity index (χ0n) is 46.1. The minimum Gasteiger partial charge on any atom is -0.479 e. The molecule has 3 N–H and O–H groups in total. The van der Waals surface area contributed by atoms with Gasteiger partial charge in [-0.25, -0.2) is 4.79 Å². The van der Waals surface area contributed by atoms with Crippen LogP contribution in [0.5, 0.6) is 0 Å². The molecule has 73 heavy (non-hydrogen) atoms. The predicted octanol–water partition coefficient (Wildman–Crippen LogP) is 14.8. The summed E-state index contributed by atoms with van der Waals surface area (Å²) in [4.78, 5) is 51.0. The molecule has 0 aromatic rings. The molecule has 0 saturated carbocycles. The Morgan fingerprint density at radius 3 is 1.30 bits per heavy atom. The van der Waals surface area contributed by atoms with Crippen LogP contribution in [0.4, 0.5) is 0 Å². The van der Waals surface area contributed by atoms with Crippen LogP contribution in [0.15, 0.2) is 60.8 Å². The molecular weight excluding hydrogens is 925 g/mol. The van der Waals surface area contributed by atoms with Crippen molar-refractivity contribution in [2.45, 2.75) is 289 Å². The first-order valence-corrected chi connectivity index (χ1v) is 29.3. The van der Waals surface area contributed by atoms with Crippen LogP contribution >= 0.6 is 0 Å². The average Bonchev–Trinajstić information content (AvgIpc) is 3.37. The van der Waals surface area contributed by atoms with Crippen LogP contribution in [0.1, 0.15) is 252 Å². The molecule has 1 aliphatic heterocycles. The molecule has 6 unspecified atom stereocenters. The molecule has 12 nitrogen and oxygen atoms in total. The Morgan fingerprint density at radius 1 is 0.452 bits per heavy atom. The molecule has 0 aromatic carbocycles. The van der Waals surface area contributed by atoms with Gasteiger partial charge in [-0.05, 0) is 96.3 Å². The number of carbonyl (C=O) groups excluding carboxylic acids is 3. The highest BCUT2D eigenvalue weighted by Crippen LogP contribution is 2.26. The first-order valence-electron chi connectivity index (χ1n) is 29.3. The molecule has 0 aliphatic carbocycles. The van der Waals surface area contributed by atoms with Gasteiger partial charge in [-0.3, -0.25) is 14.4 Å². The molecule has 0 aromatic heterocycles. The van der Waals surface area contributed by atoms with E-state index in [0.717, 1.165) is 128 Å². The minimum atomic E-state index is -1.91. The molecule has 1 fully saturated rings. The molecule has 6 atom stereocenters. The van der Waals surface area contributed by atoms with Gasteiger partial charge in [0.1, 0.15) is 18.8 Å². The van der Waals surface area contributed by atoms with Crippen molar-refractivity contribution < 1.29 is 58.2 Å². The van der Waals surface area contributed by atoms with Crippen molar-refractivity contribution >= 4 is 23.9 Å². The van der Waals surface area contributed by atoms with Crippen LogP contribution in [0.3, 0.4) is 0 Å². The lowest BCUT2D eigenvalue weighted by molar-refractivity contribution is -0.301. The molecule has 1 aliphatic rings. The first kappa shape index (κ1) is 67.4. The summed E-state index contributed by atoms with van der Waals surface area (Å²) in [6.45, 7) is 5.84. The Kier molecular flexibility index (Phi) is 45.5. The predicted molar refractivity (Wildman–Crippen MR) is 294 cm³/mol. The number of carboxylic acids is 1. The van der Waals surface area contributed by atoms with E-state index in [0.29, 0.717) is 19.3 Å². The van der Waals surface area contributed by atoms with E-state index in [-0.39, 0.29) is 25.9 Å². The molecule has 0 bridgehead atoms. The molecule has 1 saturated heterocycles. The molecular formula is C61H104O12. The Hall–Kier alpha value is -3.58. The molecule has 0 radical (unpaired) electrons. The number of ether oxygens (including phenoxy) is 5. The van der Waals surface area contributed by atoms with Crippen LogP contribution in [0.25, 0.3) is 0 Å². The van der Waals surface area contributed by atoms with Crippen molar-refractivity contribution in [1.82, 2.24) is 0 Å². The van der Waals surface area contributed by atoms with Crippen LogP contribution < -0.4 is 0 Å². The number of unbranched alkanes of at least 4 members (excludes halogenated alkanes) is 25. The minimum absolute atomic E-state index is 0.0416. The van der Waals surface area contributed by atoms with Gasteiger partial charge in [0, 0.05) is 19.3 Å². The third kappa shape index (κ3) is 39.5. The monoisotopic (exact) mass is 1030 g/mol. The second-order valence-electron chi connectivity index (χ2n) is 19.9. The van der Waals surface area contributed by atoms with Crippen LogP contribution in [-0.2, 0) is 42.9 Å². The number of hydrogen-bond donors (Lipinski definition) is 3. The van der Waals surface area contributed by atoms with E-state index in [2.05, 4.69) is 81.5 Å². The van der Waals surface area contributed by atoms with Crippen LogP contribution in [0.2, 0.25) is 0 Å². The van der Waals surface area contributed by atoms with Crippen molar-refractivity contribution in [2.24, 2.45) is 0 Å². The quantitative estimate of drug-likeness (QED) is 0.0228. The highest BCUT2D eigenvalue weighted by Gasteiger charge is 2.50. The van der Waals surface area contributed by atoms with E-state index in [1.165, 1.54) is 64.2 Å². The van der Waals surface area contributed by atoms with Crippen molar-refractivity contribution in [2.75, 3.05) is 13.2 Å². The lowest BCUT2D eigenvalue weighted by atomic mass is 9.98. The van der Waals surface area contributed by atoms with E-state index in [4.69, 9.17) is 23.7 Å². The Balaban J connectivity index is 2.70. The lowest BCUT2D eigenvalue weighted by Crippen LogP contribution is -2.61. The first-order chi connectivity index (χ1) is 35.6. The molecule has 1 heterocycles. The maximum Gasteiger partial charge on any atom is 0.335 e. The molecule has 12 heteroatoms. The van der Waals surface area contributed by atoms with E-state index in [1.54, 1.807) is 0 Å². The average molecular weight is 1030 g/mol. The second-order valence-corrected chi connectivity index (χ2v) is 19.9. The summed E-state index contributed by atoms with van der Waals surface area (Å²) in [5.41, 5.74) is 0. The SMILES string of the molecule is CCC/C=C\C/C=C\CCCCCCCC(=O)OC(COC(=O)CCCCCCCCC/C=C\CCCCCCCC)COC1OC(C(=O)O)C(O)C(O)C1OC(=O)CCCCCCC/C=C\C/C=C\CCC. The lowest BCUT2D eigenvalue weighted by Gasteiger charge is -2.40. The fraction of sp³-hybridized carbons (Fsp3) is 0.770. The highest BCUT2D eigenvalue weighted by atomic mass is 16.7. The van der Waals surface area contributed by atoms with Crippen LogP contribution in [0, 0.1) is 0 Å². The van der Waals surface area contributed by atoms with Gasteiger partial charge in [-0.1, -0.05) is 197 Å². The Labute approximate surface area is 443 Å². The number of rotatable bonds is 49.